The van der Waals surface area contributed by atoms with E-state index in [-0.39, 0.29) is 17.1 Å². The highest BCUT2D eigenvalue weighted by atomic mass is 35.5. The highest BCUT2D eigenvalue weighted by molar-refractivity contribution is 7.99. The predicted octanol–water partition coefficient (Wildman–Crippen LogP) is 4.50. The fraction of sp³-hybridized carbons (Fsp3) is 0.409. The van der Waals surface area contributed by atoms with Crippen LogP contribution in [-0.4, -0.2) is 39.4 Å². The maximum absolute atomic E-state index is 13.0. The fourth-order valence-corrected chi connectivity index (χ4v) is 4.60. The lowest BCUT2D eigenvalue weighted by atomic mass is 10.2. The summed E-state index contributed by atoms with van der Waals surface area (Å²) in [5.41, 5.74) is 3.15. The van der Waals surface area contributed by atoms with Crippen LogP contribution in [0, 0.1) is 13.8 Å². The van der Waals surface area contributed by atoms with Crippen molar-refractivity contribution in [1.29, 1.82) is 0 Å². The molecule has 0 amide bonds. The van der Waals surface area contributed by atoms with Crippen LogP contribution in [0.15, 0.2) is 34.2 Å². The zero-order valence-corrected chi connectivity index (χ0v) is 19.3. The van der Waals surface area contributed by atoms with Crippen LogP contribution in [0.1, 0.15) is 35.1 Å². The summed E-state index contributed by atoms with van der Waals surface area (Å²) in [6.07, 6.45) is 1.01. The second kappa shape index (κ2) is 9.81. The summed E-state index contributed by atoms with van der Waals surface area (Å²) >= 11 is 7.35. The number of aryl methyl sites for hydroxylation is 1. The topological polar surface area (TPSA) is 66.1 Å². The van der Waals surface area contributed by atoms with Crippen molar-refractivity contribution >= 4 is 40.0 Å². The summed E-state index contributed by atoms with van der Waals surface area (Å²) in [5.74, 6) is 0.219. The number of methoxy groups -OCH3 is 1. The minimum Gasteiger partial charge on any atom is -0.383 e. The van der Waals surface area contributed by atoms with Gasteiger partial charge in [-0.1, -0.05) is 30.3 Å². The standard InChI is InChI=1S/C22H26ClN3O3S/c1-5-8-25-14(2)11-18(15(25)3)20(27)13-30-22-24-19-12-16(23)6-7-17(19)21(28)26(22)9-10-29-4/h6-7,11-12H,5,8-10,13H2,1-4H3. The van der Waals surface area contributed by atoms with Gasteiger partial charge in [0.25, 0.3) is 5.56 Å². The molecular weight excluding hydrogens is 422 g/mol. The second-order valence-electron chi connectivity index (χ2n) is 7.15. The van der Waals surface area contributed by atoms with Gasteiger partial charge in [-0.3, -0.25) is 14.2 Å². The van der Waals surface area contributed by atoms with Gasteiger partial charge in [-0.05, 0) is 44.5 Å². The van der Waals surface area contributed by atoms with Gasteiger partial charge in [-0.25, -0.2) is 4.98 Å². The Morgan fingerprint density at radius 2 is 1.97 bits per heavy atom. The Hall–Kier alpha value is -2.09. The van der Waals surface area contributed by atoms with Crippen molar-refractivity contribution in [2.75, 3.05) is 19.5 Å². The lowest BCUT2D eigenvalue weighted by Gasteiger charge is -2.13. The molecule has 160 valence electrons. The molecule has 0 spiro atoms. The summed E-state index contributed by atoms with van der Waals surface area (Å²) in [6, 6.07) is 6.97. The van der Waals surface area contributed by atoms with E-state index in [1.54, 1.807) is 29.9 Å². The van der Waals surface area contributed by atoms with Crippen molar-refractivity contribution in [3.8, 4) is 0 Å². The molecule has 0 saturated carbocycles. The molecule has 2 aromatic heterocycles. The Morgan fingerprint density at radius 3 is 2.67 bits per heavy atom. The molecule has 0 radical (unpaired) electrons. The molecule has 0 unspecified atom stereocenters. The van der Waals surface area contributed by atoms with Crippen molar-refractivity contribution in [3.63, 3.8) is 0 Å². The highest BCUT2D eigenvalue weighted by Gasteiger charge is 2.18. The van der Waals surface area contributed by atoms with Gasteiger partial charge in [-0.2, -0.15) is 0 Å². The minimum absolute atomic E-state index is 0.0224. The first-order valence-corrected chi connectivity index (χ1v) is 11.3. The number of carbonyl (C=O) groups is 1. The SMILES string of the molecule is CCCn1c(C)cc(C(=O)CSc2nc3cc(Cl)ccc3c(=O)n2CCOC)c1C. The maximum atomic E-state index is 13.0. The summed E-state index contributed by atoms with van der Waals surface area (Å²) in [4.78, 5) is 30.5. The Labute approximate surface area is 185 Å². The molecule has 0 aliphatic carbocycles. The van der Waals surface area contributed by atoms with Crippen LogP contribution in [0.4, 0.5) is 0 Å². The van der Waals surface area contributed by atoms with Gasteiger partial charge in [0.2, 0.25) is 0 Å². The Balaban J connectivity index is 1.92. The van der Waals surface area contributed by atoms with Crippen molar-refractivity contribution in [1.82, 2.24) is 14.1 Å². The van der Waals surface area contributed by atoms with Crippen LogP contribution in [0.5, 0.6) is 0 Å². The summed E-state index contributed by atoms with van der Waals surface area (Å²) in [6.45, 7) is 7.74. The number of rotatable bonds is 9. The number of benzene rings is 1. The molecule has 3 aromatic rings. The molecule has 0 saturated heterocycles. The van der Waals surface area contributed by atoms with Crippen LogP contribution in [0.25, 0.3) is 10.9 Å². The number of halogens is 1. The zero-order chi connectivity index (χ0) is 21.8. The van der Waals surface area contributed by atoms with Crippen molar-refractivity contribution in [3.05, 3.63) is 56.6 Å². The first-order chi connectivity index (χ1) is 14.4. The molecule has 0 atom stereocenters. The van der Waals surface area contributed by atoms with Crippen molar-refractivity contribution < 1.29 is 9.53 Å². The predicted molar refractivity (Wildman–Crippen MR) is 122 cm³/mol. The van der Waals surface area contributed by atoms with Crippen LogP contribution >= 0.6 is 23.4 Å². The smallest absolute Gasteiger partial charge is 0.262 e. The van der Waals surface area contributed by atoms with Gasteiger partial charge < -0.3 is 9.30 Å². The monoisotopic (exact) mass is 447 g/mol. The van der Waals surface area contributed by atoms with Gasteiger partial charge in [0.1, 0.15) is 0 Å². The van der Waals surface area contributed by atoms with Gasteiger partial charge in [0.05, 0.1) is 29.8 Å². The Kier molecular flexibility index (Phi) is 7.39. The zero-order valence-electron chi connectivity index (χ0n) is 17.7. The van der Waals surface area contributed by atoms with E-state index in [0.29, 0.717) is 34.2 Å². The van der Waals surface area contributed by atoms with E-state index < -0.39 is 0 Å². The van der Waals surface area contributed by atoms with Crippen molar-refractivity contribution in [2.24, 2.45) is 0 Å². The molecule has 30 heavy (non-hydrogen) atoms. The Morgan fingerprint density at radius 1 is 1.20 bits per heavy atom. The first kappa shape index (κ1) is 22.6. The number of hydrogen-bond acceptors (Lipinski definition) is 5. The lowest BCUT2D eigenvalue weighted by molar-refractivity contribution is 0.102. The number of ketones is 1. The van der Waals surface area contributed by atoms with E-state index in [0.717, 1.165) is 29.9 Å². The van der Waals surface area contributed by atoms with Gasteiger partial charge in [0.15, 0.2) is 10.9 Å². The molecule has 2 heterocycles. The van der Waals surface area contributed by atoms with E-state index >= 15 is 0 Å². The van der Waals surface area contributed by atoms with Gasteiger partial charge >= 0.3 is 0 Å². The molecule has 0 aliphatic heterocycles. The van der Waals surface area contributed by atoms with Gasteiger partial charge in [0, 0.05) is 35.6 Å². The normalized spacial score (nSPS) is 11.4. The van der Waals surface area contributed by atoms with Crippen LogP contribution in [0.2, 0.25) is 5.02 Å². The first-order valence-electron chi connectivity index (χ1n) is 9.89. The van der Waals surface area contributed by atoms with Crippen LogP contribution in [-0.2, 0) is 17.8 Å². The number of thioether (sulfide) groups is 1. The van der Waals surface area contributed by atoms with Gasteiger partial charge in [-0.15, -0.1) is 0 Å². The largest absolute Gasteiger partial charge is 0.383 e. The van der Waals surface area contributed by atoms with Crippen molar-refractivity contribution in [2.45, 2.75) is 45.4 Å². The number of Topliss-reactive ketones (excluding diaryl/α,β-unsaturated/α-hetero) is 1. The highest BCUT2D eigenvalue weighted by Crippen LogP contribution is 2.23. The molecule has 0 aliphatic rings. The number of ether oxygens (including phenoxy) is 1. The molecule has 0 fully saturated rings. The average molecular weight is 448 g/mol. The van der Waals surface area contributed by atoms with E-state index in [9.17, 15) is 9.59 Å². The number of hydrogen-bond donors (Lipinski definition) is 0. The molecular formula is C22H26ClN3O3S. The molecule has 0 bridgehead atoms. The molecule has 3 rings (SSSR count). The number of fused-ring (bicyclic) bond motifs is 1. The number of nitrogens with zero attached hydrogens (tertiary/aromatic N) is 3. The molecule has 6 nitrogen and oxygen atoms in total. The summed E-state index contributed by atoms with van der Waals surface area (Å²) in [5, 5.41) is 1.50. The molecule has 0 N–H and O–H groups in total. The summed E-state index contributed by atoms with van der Waals surface area (Å²) < 4.78 is 8.89. The Bertz CT molecular complexity index is 1140. The third-order valence-corrected chi connectivity index (χ3v) is 6.27. The maximum Gasteiger partial charge on any atom is 0.262 e. The second-order valence-corrected chi connectivity index (χ2v) is 8.53. The third kappa shape index (κ3) is 4.63. The average Bonchev–Trinajstić information content (AvgIpc) is 3.00. The minimum atomic E-state index is -0.162. The van der Waals surface area contributed by atoms with Crippen LogP contribution in [0.3, 0.4) is 0 Å². The van der Waals surface area contributed by atoms with E-state index in [1.807, 2.05) is 19.9 Å². The number of carbonyl (C=O) groups excluding carboxylic acids is 1. The quantitative estimate of drug-likeness (QED) is 0.274. The number of aromatic nitrogens is 3. The van der Waals surface area contributed by atoms with E-state index in [1.165, 1.54) is 11.8 Å². The van der Waals surface area contributed by atoms with Crippen LogP contribution < -0.4 is 5.56 Å². The van der Waals surface area contributed by atoms with E-state index in [4.69, 9.17) is 16.3 Å². The summed E-state index contributed by atoms with van der Waals surface area (Å²) in [7, 11) is 1.59. The molecule has 8 heteroatoms. The van der Waals surface area contributed by atoms with E-state index in [2.05, 4.69) is 16.5 Å². The lowest BCUT2D eigenvalue weighted by Crippen LogP contribution is -2.25. The third-order valence-electron chi connectivity index (χ3n) is 5.05. The molecule has 1 aromatic carbocycles. The fourth-order valence-electron chi connectivity index (χ4n) is 3.52.